The summed E-state index contributed by atoms with van der Waals surface area (Å²) in [5.74, 6) is 0. The Balaban J connectivity index is 1.33. The molecule has 0 saturated carbocycles. The molecular weight excluding hydrogens is 396 g/mol. The van der Waals surface area contributed by atoms with Crippen molar-refractivity contribution in [3.05, 3.63) is 71.2 Å². The lowest BCUT2D eigenvalue weighted by atomic mass is 10.1. The number of urea groups is 1. The van der Waals surface area contributed by atoms with E-state index in [9.17, 15) is 9.90 Å². The second-order valence-electron chi connectivity index (χ2n) is 7.44. The van der Waals surface area contributed by atoms with Crippen LogP contribution in [0.4, 0.5) is 10.5 Å². The van der Waals surface area contributed by atoms with Crippen LogP contribution in [0.2, 0.25) is 0 Å². The van der Waals surface area contributed by atoms with Gasteiger partial charge < -0.3 is 15.7 Å². The van der Waals surface area contributed by atoms with Crippen LogP contribution in [-0.4, -0.2) is 40.2 Å². The Morgan fingerprint density at radius 2 is 1.97 bits per heavy atom. The number of carbonyl (C=O) groups is 1. The lowest BCUT2D eigenvalue weighted by molar-refractivity contribution is 0.153. The van der Waals surface area contributed by atoms with Gasteiger partial charge in [-0.15, -0.1) is 11.3 Å². The van der Waals surface area contributed by atoms with Gasteiger partial charge in [0.25, 0.3) is 0 Å². The molecule has 1 saturated heterocycles. The molecule has 1 aliphatic heterocycles. The van der Waals surface area contributed by atoms with Crippen LogP contribution in [0, 0.1) is 0 Å². The van der Waals surface area contributed by atoms with Gasteiger partial charge in [0.05, 0.1) is 6.61 Å². The first-order chi connectivity index (χ1) is 14.7. The fourth-order valence-corrected chi connectivity index (χ4v) is 4.47. The van der Waals surface area contributed by atoms with Crippen molar-refractivity contribution in [3.8, 4) is 10.6 Å². The molecule has 7 heteroatoms. The fourth-order valence-electron chi connectivity index (χ4n) is 3.83. The minimum absolute atomic E-state index is 0.199. The van der Waals surface area contributed by atoms with Gasteiger partial charge in [-0.3, -0.25) is 4.90 Å². The van der Waals surface area contributed by atoms with Crippen molar-refractivity contribution < 1.29 is 9.90 Å². The number of nitrogens with zero attached hydrogens (tertiary/aromatic N) is 2. The molecule has 1 fully saturated rings. The summed E-state index contributed by atoms with van der Waals surface area (Å²) in [6.07, 6.45) is 3.95. The average Bonchev–Trinajstić information content (AvgIpc) is 3.46. The van der Waals surface area contributed by atoms with Crippen LogP contribution in [0.1, 0.15) is 24.0 Å². The molecule has 0 aliphatic carbocycles. The molecule has 2 heterocycles. The lowest BCUT2D eigenvalue weighted by Crippen LogP contribution is -2.32. The molecule has 156 valence electrons. The maximum atomic E-state index is 12.4. The minimum Gasteiger partial charge on any atom is -0.395 e. The Morgan fingerprint density at radius 1 is 1.17 bits per heavy atom. The number of thiazole rings is 1. The molecule has 3 aromatic rings. The van der Waals surface area contributed by atoms with Crippen LogP contribution >= 0.6 is 11.3 Å². The Labute approximate surface area is 180 Å². The van der Waals surface area contributed by atoms with Gasteiger partial charge in [-0.1, -0.05) is 24.3 Å². The summed E-state index contributed by atoms with van der Waals surface area (Å²) < 4.78 is 0. The molecule has 1 aliphatic rings. The molecule has 6 nitrogen and oxygen atoms in total. The van der Waals surface area contributed by atoms with E-state index in [4.69, 9.17) is 0 Å². The lowest BCUT2D eigenvalue weighted by Gasteiger charge is -2.24. The van der Waals surface area contributed by atoms with Crippen LogP contribution in [-0.2, 0) is 13.1 Å². The summed E-state index contributed by atoms with van der Waals surface area (Å²) in [5, 5.41) is 18.3. The van der Waals surface area contributed by atoms with E-state index in [-0.39, 0.29) is 18.7 Å². The Bertz CT molecular complexity index is 960. The third kappa shape index (κ3) is 5.05. The second-order valence-corrected chi connectivity index (χ2v) is 8.33. The highest BCUT2D eigenvalue weighted by atomic mass is 32.1. The zero-order valence-electron chi connectivity index (χ0n) is 16.8. The quantitative estimate of drug-likeness (QED) is 0.536. The van der Waals surface area contributed by atoms with Crippen molar-refractivity contribution in [1.82, 2.24) is 15.2 Å². The third-order valence-corrected chi connectivity index (χ3v) is 6.29. The number of aliphatic hydroxyl groups is 1. The molecule has 0 radical (unpaired) electrons. The normalized spacial score (nSPS) is 16.5. The van der Waals surface area contributed by atoms with E-state index in [1.165, 1.54) is 5.56 Å². The van der Waals surface area contributed by atoms with Gasteiger partial charge in [0, 0.05) is 42.0 Å². The Hall–Kier alpha value is -2.74. The number of aliphatic hydroxyl groups excluding tert-OH is 1. The number of amides is 2. The molecule has 3 N–H and O–H groups in total. The number of likely N-dealkylation sites (tertiary alicyclic amines) is 1. The van der Waals surface area contributed by atoms with E-state index in [1.54, 1.807) is 17.5 Å². The van der Waals surface area contributed by atoms with Crippen LogP contribution in [0.5, 0.6) is 0 Å². The van der Waals surface area contributed by atoms with E-state index < -0.39 is 0 Å². The average molecular weight is 423 g/mol. The number of hydrogen-bond donors (Lipinski definition) is 3. The first-order valence-corrected chi connectivity index (χ1v) is 11.1. The third-order valence-electron chi connectivity index (χ3n) is 5.46. The van der Waals surface area contributed by atoms with Crippen LogP contribution < -0.4 is 10.6 Å². The number of rotatable bonds is 7. The molecular formula is C23H26N4O2S. The second kappa shape index (κ2) is 9.84. The van der Waals surface area contributed by atoms with E-state index in [0.29, 0.717) is 6.54 Å². The zero-order chi connectivity index (χ0) is 20.8. The maximum absolute atomic E-state index is 12.4. The molecule has 2 aromatic carbocycles. The largest absolute Gasteiger partial charge is 0.395 e. The molecule has 2 amide bonds. The van der Waals surface area contributed by atoms with E-state index in [0.717, 1.165) is 47.8 Å². The highest BCUT2D eigenvalue weighted by Gasteiger charge is 2.24. The summed E-state index contributed by atoms with van der Waals surface area (Å²) in [6.45, 7) is 2.45. The van der Waals surface area contributed by atoms with Crippen molar-refractivity contribution in [1.29, 1.82) is 0 Å². The van der Waals surface area contributed by atoms with Crippen molar-refractivity contribution in [2.45, 2.75) is 32.0 Å². The van der Waals surface area contributed by atoms with Crippen LogP contribution in [0.3, 0.4) is 0 Å². The van der Waals surface area contributed by atoms with Crippen LogP contribution in [0.15, 0.2) is 60.1 Å². The predicted octanol–water partition coefficient (Wildman–Crippen LogP) is 4.09. The summed E-state index contributed by atoms with van der Waals surface area (Å²) in [6, 6.07) is 15.8. The van der Waals surface area contributed by atoms with Gasteiger partial charge in [0.1, 0.15) is 5.01 Å². The van der Waals surface area contributed by atoms with Gasteiger partial charge in [0.2, 0.25) is 0 Å². The smallest absolute Gasteiger partial charge is 0.319 e. The van der Waals surface area contributed by atoms with E-state index in [2.05, 4.69) is 26.6 Å². The van der Waals surface area contributed by atoms with Gasteiger partial charge >= 0.3 is 6.03 Å². The molecule has 0 bridgehead atoms. The van der Waals surface area contributed by atoms with Gasteiger partial charge in [0.15, 0.2) is 0 Å². The number of aromatic nitrogens is 1. The van der Waals surface area contributed by atoms with E-state index in [1.807, 2.05) is 47.8 Å². The van der Waals surface area contributed by atoms with Gasteiger partial charge in [-0.25, -0.2) is 9.78 Å². The summed E-state index contributed by atoms with van der Waals surface area (Å²) in [4.78, 5) is 19.0. The van der Waals surface area contributed by atoms with Crippen molar-refractivity contribution in [2.24, 2.45) is 0 Å². The highest BCUT2D eigenvalue weighted by molar-refractivity contribution is 7.13. The first-order valence-electron chi connectivity index (χ1n) is 10.2. The number of carbonyl (C=O) groups excluding carboxylic acids is 1. The maximum Gasteiger partial charge on any atom is 0.319 e. The fraction of sp³-hybridized carbons (Fsp3) is 0.304. The molecule has 30 heavy (non-hydrogen) atoms. The molecule has 1 unspecified atom stereocenters. The van der Waals surface area contributed by atoms with Crippen molar-refractivity contribution >= 4 is 23.1 Å². The molecule has 0 spiro atoms. The Kier molecular flexibility index (Phi) is 6.74. The number of benzene rings is 2. The highest BCUT2D eigenvalue weighted by Crippen LogP contribution is 2.23. The van der Waals surface area contributed by atoms with Crippen molar-refractivity contribution in [3.63, 3.8) is 0 Å². The molecule has 4 rings (SSSR count). The zero-order valence-corrected chi connectivity index (χ0v) is 17.6. The van der Waals surface area contributed by atoms with Crippen LogP contribution in [0.25, 0.3) is 10.6 Å². The topological polar surface area (TPSA) is 77.5 Å². The summed E-state index contributed by atoms with van der Waals surface area (Å²) in [7, 11) is 0. The number of hydrogen-bond acceptors (Lipinski definition) is 5. The van der Waals surface area contributed by atoms with Gasteiger partial charge in [-0.05, 0) is 54.8 Å². The predicted molar refractivity (Wildman–Crippen MR) is 120 cm³/mol. The number of nitrogens with one attached hydrogen (secondary N) is 2. The molecule has 1 aromatic heterocycles. The molecule has 1 atom stereocenters. The summed E-state index contributed by atoms with van der Waals surface area (Å²) in [5.41, 5.74) is 4.05. The van der Waals surface area contributed by atoms with Gasteiger partial charge in [-0.2, -0.15) is 0 Å². The minimum atomic E-state index is -0.235. The SMILES string of the molecule is O=C(NCc1ccccc1CN1CCCC1CO)Nc1ccc(-c2nccs2)cc1. The van der Waals surface area contributed by atoms with Crippen molar-refractivity contribution in [2.75, 3.05) is 18.5 Å². The first kappa shape index (κ1) is 20.5. The monoisotopic (exact) mass is 422 g/mol. The number of anilines is 1. The summed E-state index contributed by atoms with van der Waals surface area (Å²) >= 11 is 1.59. The standard InChI is InChI=1S/C23H26N4O2S/c28-16-21-6-3-12-27(21)15-19-5-2-1-4-18(19)14-25-23(29)26-20-9-7-17(8-10-20)22-24-11-13-30-22/h1-2,4-5,7-11,13,21,28H,3,6,12,14-16H2,(H2,25,26,29). The Morgan fingerprint density at radius 3 is 2.70 bits per heavy atom. The van der Waals surface area contributed by atoms with E-state index >= 15 is 0 Å².